The Labute approximate surface area is 93.2 Å². The Kier molecular flexibility index (Phi) is 2.69. The number of oxime groups is 1. The van der Waals surface area contributed by atoms with Crippen molar-refractivity contribution in [2.75, 3.05) is 0 Å². The van der Waals surface area contributed by atoms with Gasteiger partial charge < -0.3 is 4.84 Å². The van der Waals surface area contributed by atoms with Crippen LogP contribution in [-0.4, -0.2) is 4.62 Å². The molecule has 2 nitrogen and oxygen atoms in total. The molecule has 0 saturated heterocycles. The van der Waals surface area contributed by atoms with E-state index in [1.807, 2.05) is 24.3 Å². The average molecular weight is 305 g/mol. The lowest BCUT2D eigenvalue weighted by atomic mass is 10.1. The largest absolute Gasteiger partial charge is 0.386 e. The fourth-order valence-electron chi connectivity index (χ4n) is 1.20. The predicted molar refractivity (Wildman–Crippen MR) is 58.9 cm³/mol. The first-order valence-corrected chi connectivity index (χ1v) is 5.48. The SMILES string of the molecule is BrC1=NO[C@@H](c2ccc(Br)cc2)C1. The molecule has 68 valence electrons. The van der Waals surface area contributed by atoms with Crippen LogP contribution in [0.1, 0.15) is 18.1 Å². The van der Waals surface area contributed by atoms with Gasteiger partial charge in [0.15, 0.2) is 6.10 Å². The van der Waals surface area contributed by atoms with Gasteiger partial charge in [-0.3, -0.25) is 0 Å². The zero-order chi connectivity index (χ0) is 9.26. The van der Waals surface area contributed by atoms with Gasteiger partial charge in [-0.15, -0.1) is 0 Å². The lowest BCUT2D eigenvalue weighted by molar-refractivity contribution is 0.0858. The van der Waals surface area contributed by atoms with Crippen LogP contribution >= 0.6 is 31.9 Å². The molecule has 1 aliphatic heterocycles. The number of nitrogens with zero attached hydrogens (tertiary/aromatic N) is 1. The van der Waals surface area contributed by atoms with Gasteiger partial charge in [0, 0.05) is 10.9 Å². The molecule has 0 aromatic heterocycles. The number of benzene rings is 1. The Hall–Kier alpha value is -0.350. The summed E-state index contributed by atoms with van der Waals surface area (Å²) in [7, 11) is 0. The molecule has 1 atom stereocenters. The smallest absolute Gasteiger partial charge is 0.158 e. The van der Waals surface area contributed by atoms with Crippen LogP contribution in [0.4, 0.5) is 0 Å². The molecule has 1 heterocycles. The lowest BCUT2D eigenvalue weighted by Crippen LogP contribution is -1.96. The van der Waals surface area contributed by atoms with E-state index in [0.29, 0.717) is 0 Å². The third-order valence-corrected chi connectivity index (χ3v) is 2.87. The molecule has 0 aliphatic carbocycles. The second-order valence-electron chi connectivity index (χ2n) is 2.82. The highest BCUT2D eigenvalue weighted by molar-refractivity contribution is 9.18. The summed E-state index contributed by atoms with van der Waals surface area (Å²) in [6.45, 7) is 0. The quantitative estimate of drug-likeness (QED) is 0.776. The van der Waals surface area contributed by atoms with Gasteiger partial charge in [0.05, 0.1) is 0 Å². The van der Waals surface area contributed by atoms with Crippen LogP contribution in [0.2, 0.25) is 0 Å². The van der Waals surface area contributed by atoms with Crippen LogP contribution in [-0.2, 0) is 4.84 Å². The monoisotopic (exact) mass is 303 g/mol. The Balaban J connectivity index is 2.14. The van der Waals surface area contributed by atoms with Crippen molar-refractivity contribution in [3.63, 3.8) is 0 Å². The van der Waals surface area contributed by atoms with E-state index in [2.05, 4.69) is 37.0 Å². The van der Waals surface area contributed by atoms with Crippen LogP contribution < -0.4 is 0 Å². The number of hydrogen-bond acceptors (Lipinski definition) is 2. The third kappa shape index (κ3) is 2.11. The summed E-state index contributed by atoms with van der Waals surface area (Å²) in [5, 5.41) is 3.84. The molecule has 1 aliphatic rings. The highest BCUT2D eigenvalue weighted by Gasteiger charge is 2.20. The Morgan fingerprint density at radius 2 is 1.92 bits per heavy atom. The first kappa shape index (κ1) is 9.21. The van der Waals surface area contributed by atoms with Crippen LogP contribution in [0.3, 0.4) is 0 Å². The maximum Gasteiger partial charge on any atom is 0.158 e. The highest BCUT2D eigenvalue weighted by atomic mass is 79.9. The molecule has 2 rings (SSSR count). The molecule has 0 spiro atoms. The lowest BCUT2D eigenvalue weighted by Gasteiger charge is -2.07. The van der Waals surface area contributed by atoms with E-state index in [4.69, 9.17) is 4.84 Å². The van der Waals surface area contributed by atoms with Crippen molar-refractivity contribution in [1.82, 2.24) is 0 Å². The summed E-state index contributed by atoms with van der Waals surface area (Å²) >= 11 is 6.69. The number of halogens is 2. The Morgan fingerprint density at radius 1 is 1.23 bits per heavy atom. The van der Waals surface area contributed by atoms with Gasteiger partial charge in [-0.25, -0.2) is 0 Å². The van der Waals surface area contributed by atoms with Gasteiger partial charge in [0.25, 0.3) is 0 Å². The van der Waals surface area contributed by atoms with Gasteiger partial charge in [-0.2, -0.15) is 0 Å². The summed E-state index contributed by atoms with van der Waals surface area (Å²) in [6.07, 6.45) is 0.893. The Morgan fingerprint density at radius 3 is 2.46 bits per heavy atom. The Bertz CT molecular complexity index is 334. The van der Waals surface area contributed by atoms with Gasteiger partial charge in [0.1, 0.15) is 4.62 Å². The molecule has 0 amide bonds. The van der Waals surface area contributed by atoms with E-state index >= 15 is 0 Å². The summed E-state index contributed by atoms with van der Waals surface area (Å²) in [6, 6.07) is 8.08. The molecule has 0 bridgehead atoms. The van der Waals surface area contributed by atoms with E-state index in [9.17, 15) is 0 Å². The van der Waals surface area contributed by atoms with E-state index in [0.717, 1.165) is 21.1 Å². The maximum atomic E-state index is 5.22. The van der Waals surface area contributed by atoms with Crippen LogP contribution in [0.15, 0.2) is 33.9 Å². The van der Waals surface area contributed by atoms with Crippen molar-refractivity contribution in [1.29, 1.82) is 0 Å². The highest BCUT2D eigenvalue weighted by Crippen LogP contribution is 2.29. The minimum atomic E-state index is 0.0717. The van der Waals surface area contributed by atoms with Crippen molar-refractivity contribution in [3.05, 3.63) is 34.3 Å². The molecule has 0 radical (unpaired) electrons. The molecule has 1 aromatic carbocycles. The second kappa shape index (κ2) is 3.80. The topological polar surface area (TPSA) is 21.6 Å². The van der Waals surface area contributed by atoms with Crippen molar-refractivity contribution < 1.29 is 4.84 Å². The minimum absolute atomic E-state index is 0.0717. The molecule has 0 unspecified atom stereocenters. The normalized spacial score (nSPS) is 21.1. The fourth-order valence-corrected chi connectivity index (χ4v) is 1.85. The summed E-state index contributed by atoms with van der Waals surface area (Å²) in [5.74, 6) is 0. The first-order valence-electron chi connectivity index (χ1n) is 3.89. The molecular weight excluding hydrogens is 298 g/mol. The summed E-state index contributed by atoms with van der Waals surface area (Å²) in [4.78, 5) is 5.22. The van der Waals surface area contributed by atoms with Gasteiger partial charge in [-0.1, -0.05) is 33.2 Å². The number of rotatable bonds is 1. The number of hydrogen-bond donors (Lipinski definition) is 0. The molecule has 0 N–H and O–H groups in total. The van der Waals surface area contributed by atoms with E-state index in [1.165, 1.54) is 0 Å². The molecule has 4 heteroatoms. The maximum absolute atomic E-state index is 5.22. The third-order valence-electron chi connectivity index (χ3n) is 1.87. The second-order valence-corrected chi connectivity index (χ2v) is 4.65. The zero-order valence-electron chi connectivity index (χ0n) is 6.71. The van der Waals surface area contributed by atoms with Crippen molar-refractivity contribution in [2.24, 2.45) is 5.16 Å². The predicted octanol–water partition coefficient (Wildman–Crippen LogP) is 3.62. The zero-order valence-corrected chi connectivity index (χ0v) is 9.88. The molecule has 13 heavy (non-hydrogen) atoms. The van der Waals surface area contributed by atoms with Gasteiger partial charge >= 0.3 is 0 Å². The molecular formula is C9H7Br2NO. The van der Waals surface area contributed by atoms with Crippen molar-refractivity contribution in [2.45, 2.75) is 12.5 Å². The average Bonchev–Trinajstić information content (AvgIpc) is 2.53. The van der Waals surface area contributed by atoms with E-state index < -0.39 is 0 Å². The standard InChI is InChI=1S/C9H7Br2NO/c10-7-3-1-6(2-4-7)8-5-9(11)12-13-8/h1-4,8H,5H2/t8-/m1/s1. The minimum Gasteiger partial charge on any atom is -0.386 e. The summed E-state index contributed by atoms with van der Waals surface area (Å²) < 4.78 is 1.95. The van der Waals surface area contributed by atoms with Crippen LogP contribution in [0.5, 0.6) is 0 Å². The molecule has 0 fully saturated rings. The van der Waals surface area contributed by atoms with E-state index in [1.54, 1.807) is 0 Å². The van der Waals surface area contributed by atoms with Gasteiger partial charge in [0.2, 0.25) is 0 Å². The first-order chi connectivity index (χ1) is 6.25. The fraction of sp³-hybridized carbons (Fsp3) is 0.222. The summed E-state index contributed by atoms with van der Waals surface area (Å²) in [5.41, 5.74) is 1.15. The molecule has 1 aromatic rings. The van der Waals surface area contributed by atoms with Crippen molar-refractivity contribution in [3.8, 4) is 0 Å². The van der Waals surface area contributed by atoms with Crippen molar-refractivity contribution >= 4 is 36.5 Å². The van der Waals surface area contributed by atoms with E-state index in [-0.39, 0.29) is 6.10 Å². The van der Waals surface area contributed by atoms with Gasteiger partial charge in [-0.05, 0) is 33.6 Å². The molecule has 0 saturated carbocycles. The van der Waals surface area contributed by atoms with Crippen LogP contribution in [0.25, 0.3) is 0 Å². The van der Waals surface area contributed by atoms with Crippen LogP contribution in [0, 0.1) is 0 Å².